The number of carbonyl (C=O) groups excluding carboxylic acids is 2. The lowest BCUT2D eigenvalue weighted by Crippen LogP contribution is -2.51. The molecule has 1 fully saturated rings. The number of esters is 1. The summed E-state index contributed by atoms with van der Waals surface area (Å²) in [6.07, 6.45) is -4.86. The van der Waals surface area contributed by atoms with Crippen LogP contribution in [0.25, 0.3) is 0 Å². The number of nitrogens with zero attached hydrogens (tertiary/aromatic N) is 2. The second-order valence-corrected chi connectivity index (χ2v) is 8.83. The zero-order chi connectivity index (χ0) is 24.2. The standard InChI is InChI=1S/C20H18F4N2O6S/c21-15-3-7-17(8-4-15)33(29,30)26-11-9-25(10-12-26)18(27)13-31-19(28)14-1-5-16(6-2-14)32-20(22,23)24/h1-8H,9-13H2. The van der Waals surface area contributed by atoms with Crippen molar-refractivity contribution < 1.29 is 45.0 Å². The molecule has 0 saturated carbocycles. The summed E-state index contributed by atoms with van der Waals surface area (Å²) in [6, 6.07) is 8.39. The Morgan fingerprint density at radius 1 is 0.909 bits per heavy atom. The van der Waals surface area contributed by atoms with Crippen molar-refractivity contribution in [2.45, 2.75) is 11.3 Å². The first-order valence-electron chi connectivity index (χ1n) is 9.52. The number of sulfonamides is 1. The Morgan fingerprint density at radius 3 is 2.03 bits per heavy atom. The van der Waals surface area contributed by atoms with Gasteiger partial charge in [0.25, 0.3) is 5.91 Å². The van der Waals surface area contributed by atoms with Crippen molar-refractivity contribution in [2.75, 3.05) is 32.8 Å². The number of alkyl halides is 3. The number of ether oxygens (including phenoxy) is 2. The molecule has 1 heterocycles. The molecule has 1 saturated heterocycles. The lowest BCUT2D eigenvalue weighted by Gasteiger charge is -2.33. The Labute approximate surface area is 186 Å². The van der Waals surface area contributed by atoms with Gasteiger partial charge in [-0.3, -0.25) is 4.79 Å². The van der Waals surface area contributed by atoms with E-state index in [4.69, 9.17) is 4.74 Å². The molecule has 0 spiro atoms. The Balaban J connectivity index is 1.49. The first kappa shape index (κ1) is 24.5. The highest BCUT2D eigenvalue weighted by molar-refractivity contribution is 7.89. The van der Waals surface area contributed by atoms with Crippen LogP contribution in [0.15, 0.2) is 53.4 Å². The lowest BCUT2D eigenvalue weighted by molar-refractivity contribution is -0.274. The second kappa shape index (κ2) is 9.75. The summed E-state index contributed by atoms with van der Waals surface area (Å²) < 4.78 is 84.5. The molecule has 0 atom stereocenters. The van der Waals surface area contributed by atoms with Crippen molar-refractivity contribution in [2.24, 2.45) is 0 Å². The van der Waals surface area contributed by atoms with E-state index in [9.17, 15) is 35.6 Å². The van der Waals surface area contributed by atoms with Crippen molar-refractivity contribution in [1.29, 1.82) is 0 Å². The first-order valence-corrected chi connectivity index (χ1v) is 11.0. The molecule has 1 aliphatic heterocycles. The van der Waals surface area contributed by atoms with E-state index in [2.05, 4.69) is 4.74 Å². The van der Waals surface area contributed by atoms with Gasteiger partial charge in [0.05, 0.1) is 10.5 Å². The van der Waals surface area contributed by atoms with Gasteiger partial charge < -0.3 is 14.4 Å². The minimum Gasteiger partial charge on any atom is -0.452 e. The SMILES string of the molecule is O=C(OCC(=O)N1CCN(S(=O)(=O)c2ccc(F)cc2)CC1)c1ccc(OC(F)(F)F)cc1. The Bertz CT molecular complexity index is 1100. The summed E-state index contributed by atoms with van der Waals surface area (Å²) >= 11 is 0. The largest absolute Gasteiger partial charge is 0.573 e. The molecule has 13 heteroatoms. The van der Waals surface area contributed by atoms with Crippen LogP contribution in [0, 0.1) is 5.82 Å². The van der Waals surface area contributed by atoms with Crippen molar-refractivity contribution in [3.63, 3.8) is 0 Å². The van der Waals surface area contributed by atoms with Crippen LogP contribution >= 0.6 is 0 Å². The molecule has 2 aromatic carbocycles. The van der Waals surface area contributed by atoms with E-state index in [1.54, 1.807) is 0 Å². The van der Waals surface area contributed by atoms with Gasteiger partial charge in [-0.25, -0.2) is 17.6 Å². The number of halogens is 4. The molecule has 1 aliphatic rings. The minimum absolute atomic E-state index is 0.0000632. The average molecular weight is 490 g/mol. The fraction of sp³-hybridized carbons (Fsp3) is 0.300. The minimum atomic E-state index is -4.86. The van der Waals surface area contributed by atoms with E-state index < -0.39 is 46.4 Å². The van der Waals surface area contributed by atoms with Gasteiger partial charge in [-0.05, 0) is 48.5 Å². The number of amides is 1. The molecule has 1 amide bonds. The molecule has 8 nitrogen and oxygen atoms in total. The van der Waals surface area contributed by atoms with Crippen LogP contribution in [-0.4, -0.2) is 68.6 Å². The van der Waals surface area contributed by atoms with Gasteiger partial charge in [0.1, 0.15) is 11.6 Å². The molecule has 3 rings (SSSR count). The van der Waals surface area contributed by atoms with E-state index in [-0.39, 0.29) is 36.6 Å². The number of rotatable bonds is 6. The van der Waals surface area contributed by atoms with Crippen LogP contribution in [-0.2, 0) is 19.6 Å². The Kier molecular flexibility index (Phi) is 7.22. The Hall–Kier alpha value is -3.19. The van der Waals surface area contributed by atoms with Crippen LogP contribution in [0.3, 0.4) is 0 Å². The van der Waals surface area contributed by atoms with E-state index in [1.165, 1.54) is 9.21 Å². The zero-order valence-electron chi connectivity index (χ0n) is 16.9. The summed E-state index contributed by atoms with van der Waals surface area (Å²) in [5.74, 6) is -2.55. The third-order valence-electron chi connectivity index (χ3n) is 4.69. The van der Waals surface area contributed by atoms with Crippen LogP contribution in [0.1, 0.15) is 10.4 Å². The van der Waals surface area contributed by atoms with Crippen molar-refractivity contribution in [1.82, 2.24) is 9.21 Å². The highest BCUT2D eigenvalue weighted by Crippen LogP contribution is 2.23. The second-order valence-electron chi connectivity index (χ2n) is 6.89. The van der Waals surface area contributed by atoms with Gasteiger partial charge in [-0.15, -0.1) is 13.2 Å². The molecule has 0 bridgehead atoms. The number of piperazine rings is 1. The number of hydrogen-bond donors (Lipinski definition) is 0. The summed E-state index contributed by atoms with van der Waals surface area (Å²) in [4.78, 5) is 25.6. The number of hydrogen-bond acceptors (Lipinski definition) is 6. The van der Waals surface area contributed by atoms with Gasteiger partial charge in [-0.2, -0.15) is 4.31 Å². The van der Waals surface area contributed by atoms with Gasteiger partial charge >= 0.3 is 12.3 Å². The first-order chi connectivity index (χ1) is 15.5. The van der Waals surface area contributed by atoms with E-state index >= 15 is 0 Å². The third kappa shape index (κ3) is 6.42. The van der Waals surface area contributed by atoms with E-state index in [0.717, 1.165) is 48.5 Å². The smallest absolute Gasteiger partial charge is 0.452 e. The van der Waals surface area contributed by atoms with Gasteiger partial charge in [0, 0.05) is 26.2 Å². The fourth-order valence-electron chi connectivity index (χ4n) is 3.03. The van der Waals surface area contributed by atoms with Crippen molar-refractivity contribution >= 4 is 21.9 Å². The fourth-order valence-corrected chi connectivity index (χ4v) is 4.45. The average Bonchev–Trinajstić information content (AvgIpc) is 2.77. The summed E-state index contributed by atoms with van der Waals surface area (Å²) in [5, 5.41) is 0. The zero-order valence-corrected chi connectivity index (χ0v) is 17.7. The molecule has 0 aliphatic carbocycles. The Morgan fingerprint density at radius 2 is 1.48 bits per heavy atom. The number of carbonyl (C=O) groups is 2. The molecular weight excluding hydrogens is 472 g/mol. The third-order valence-corrected chi connectivity index (χ3v) is 6.61. The molecule has 0 aromatic heterocycles. The molecule has 0 radical (unpaired) electrons. The summed E-state index contributed by atoms with van der Waals surface area (Å²) in [6.45, 7) is -0.509. The van der Waals surface area contributed by atoms with Gasteiger partial charge in [-0.1, -0.05) is 0 Å². The molecule has 178 valence electrons. The van der Waals surface area contributed by atoms with Crippen LogP contribution < -0.4 is 4.74 Å². The normalized spacial score (nSPS) is 15.2. The van der Waals surface area contributed by atoms with E-state index in [0.29, 0.717) is 0 Å². The molecule has 0 unspecified atom stereocenters. The van der Waals surface area contributed by atoms with Crippen LogP contribution in [0.4, 0.5) is 17.6 Å². The topological polar surface area (TPSA) is 93.2 Å². The van der Waals surface area contributed by atoms with E-state index in [1.807, 2.05) is 0 Å². The maximum Gasteiger partial charge on any atom is 0.573 e. The maximum atomic E-state index is 13.0. The highest BCUT2D eigenvalue weighted by atomic mass is 32.2. The highest BCUT2D eigenvalue weighted by Gasteiger charge is 2.32. The molecule has 33 heavy (non-hydrogen) atoms. The monoisotopic (exact) mass is 490 g/mol. The van der Waals surface area contributed by atoms with Crippen LogP contribution in [0.2, 0.25) is 0 Å². The predicted molar refractivity (Wildman–Crippen MR) is 105 cm³/mol. The predicted octanol–water partition coefficient (Wildman–Crippen LogP) is 2.41. The summed E-state index contributed by atoms with van der Waals surface area (Å²) in [7, 11) is -3.84. The van der Waals surface area contributed by atoms with Gasteiger partial charge in [0.15, 0.2) is 6.61 Å². The van der Waals surface area contributed by atoms with Crippen molar-refractivity contribution in [3.05, 3.63) is 59.9 Å². The quantitative estimate of drug-likeness (QED) is 0.456. The van der Waals surface area contributed by atoms with Crippen LogP contribution in [0.5, 0.6) is 5.75 Å². The molecule has 0 N–H and O–H groups in total. The van der Waals surface area contributed by atoms with Gasteiger partial charge in [0.2, 0.25) is 10.0 Å². The maximum absolute atomic E-state index is 13.0. The lowest BCUT2D eigenvalue weighted by atomic mass is 10.2. The molecule has 2 aromatic rings. The number of benzene rings is 2. The summed E-state index contributed by atoms with van der Waals surface area (Å²) in [5.41, 5.74) is -0.0764. The molecular formula is C20H18F4N2O6S. The van der Waals surface area contributed by atoms with Crippen molar-refractivity contribution in [3.8, 4) is 5.75 Å².